The monoisotopic (exact) mass is 593 g/mol. The van der Waals surface area contributed by atoms with Gasteiger partial charge in [-0.05, 0) is 53.4 Å². The third kappa shape index (κ3) is 5.76. The maximum atomic E-state index is 12.4. The van der Waals surface area contributed by atoms with Crippen LogP contribution in [0.3, 0.4) is 0 Å². The number of benzene rings is 3. The van der Waals surface area contributed by atoms with Crippen LogP contribution >= 0.6 is 11.6 Å². The van der Waals surface area contributed by atoms with Crippen LogP contribution in [0.4, 0.5) is 10.5 Å². The highest BCUT2D eigenvalue weighted by molar-refractivity contribution is 7.88. The second-order valence-corrected chi connectivity index (χ2v) is 12.1. The zero-order valence-electron chi connectivity index (χ0n) is 21.9. The zero-order valence-corrected chi connectivity index (χ0v) is 23.5. The predicted molar refractivity (Wildman–Crippen MR) is 152 cm³/mol. The quantitative estimate of drug-likeness (QED) is 0.304. The minimum atomic E-state index is -3.47. The highest BCUT2D eigenvalue weighted by atomic mass is 35.5. The number of aromatic nitrogens is 1. The topological polar surface area (TPSA) is 139 Å². The SMILES string of the molecule is CC(OC(=O)Nc1cnoc1C#Cc1ccc2cc(C3(C(=O)O)CN(S(C)(=O)=O)C3)ccc2c1)c1ccccc1Cl. The van der Waals surface area contributed by atoms with Gasteiger partial charge in [0, 0.05) is 29.2 Å². The molecule has 10 nitrogen and oxygen atoms in total. The molecule has 210 valence electrons. The number of nitrogens with one attached hydrogen (secondary N) is 1. The lowest BCUT2D eigenvalue weighted by Crippen LogP contribution is -2.64. The molecular weight excluding hydrogens is 570 g/mol. The molecule has 0 aliphatic carbocycles. The molecule has 0 spiro atoms. The lowest BCUT2D eigenvalue weighted by molar-refractivity contribution is -0.148. The number of carboxylic acids is 1. The van der Waals surface area contributed by atoms with Crippen molar-refractivity contribution in [1.29, 1.82) is 0 Å². The molecule has 0 saturated carbocycles. The fourth-order valence-electron chi connectivity index (χ4n) is 4.57. The summed E-state index contributed by atoms with van der Waals surface area (Å²) in [5, 5.41) is 18.3. The van der Waals surface area contributed by atoms with Crippen LogP contribution in [0.1, 0.15) is 35.5 Å². The average Bonchev–Trinajstić information content (AvgIpc) is 3.32. The average molecular weight is 594 g/mol. The van der Waals surface area contributed by atoms with Gasteiger partial charge < -0.3 is 14.4 Å². The van der Waals surface area contributed by atoms with Gasteiger partial charge in [-0.3, -0.25) is 10.1 Å². The Labute approximate surface area is 240 Å². The number of ether oxygens (including phenoxy) is 1. The first-order valence-electron chi connectivity index (χ1n) is 12.4. The number of nitrogens with zero attached hydrogens (tertiary/aromatic N) is 2. The molecule has 1 atom stereocenters. The molecule has 5 rings (SSSR count). The minimum Gasteiger partial charge on any atom is -0.481 e. The number of fused-ring (bicyclic) bond motifs is 1. The summed E-state index contributed by atoms with van der Waals surface area (Å²) in [5.41, 5.74) is 0.783. The molecule has 1 saturated heterocycles. The second-order valence-electron chi connectivity index (χ2n) is 9.71. The summed E-state index contributed by atoms with van der Waals surface area (Å²) in [6, 6.07) is 17.7. The van der Waals surface area contributed by atoms with Crippen LogP contribution < -0.4 is 5.32 Å². The number of aliphatic carboxylic acids is 1. The Morgan fingerprint density at radius 1 is 1.12 bits per heavy atom. The Kier molecular flexibility index (Phi) is 7.48. The van der Waals surface area contributed by atoms with Crippen LogP contribution in [0.2, 0.25) is 5.02 Å². The Balaban J connectivity index is 1.30. The van der Waals surface area contributed by atoms with E-state index in [0.717, 1.165) is 21.3 Å². The number of rotatable bonds is 6. The smallest absolute Gasteiger partial charge is 0.412 e. The van der Waals surface area contributed by atoms with Crippen molar-refractivity contribution in [2.24, 2.45) is 0 Å². The van der Waals surface area contributed by atoms with Crippen LogP contribution in [0.15, 0.2) is 71.4 Å². The van der Waals surface area contributed by atoms with E-state index >= 15 is 0 Å². The second kappa shape index (κ2) is 10.9. The highest BCUT2D eigenvalue weighted by Gasteiger charge is 2.54. The van der Waals surface area contributed by atoms with Crippen LogP contribution in [-0.4, -0.2) is 54.4 Å². The van der Waals surface area contributed by atoms with E-state index in [9.17, 15) is 23.1 Å². The zero-order chi connectivity index (χ0) is 29.4. The summed E-state index contributed by atoms with van der Waals surface area (Å²) < 4.78 is 35.4. The Morgan fingerprint density at radius 2 is 1.83 bits per heavy atom. The van der Waals surface area contributed by atoms with E-state index in [2.05, 4.69) is 22.3 Å². The third-order valence-corrected chi connectivity index (χ3v) is 8.46. The molecule has 4 aromatic rings. The summed E-state index contributed by atoms with van der Waals surface area (Å²) >= 11 is 6.18. The molecule has 1 unspecified atom stereocenters. The maximum absolute atomic E-state index is 12.4. The van der Waals surface area contributed by atoms with Crippen molar-refractivity contribution in [1.82, 2.24) is 9.46 Å². The minimum absolute atomic E-state index is 0.115. The van der Waals surface area contributed by atoms with E-state index in [4.69, 9.17) is 20.9 Å². The van der Waals surface area contributed by atoms with E-state index in [1.807, 2.05) is 6.07 Å². The molecular formula is C29H24ClN3O7S. The Bertz CT molecular complexity index is 1840. The normalized spacial score (nSPS) is 15.3. The van der Waals surface area contributed by atoms with Gasteiger partial charge in [0.2, 0.25) is 15.8 Å². The van der Waals surface area contributed by atoms with Gasteiger partial charge in [-0.1, -0.05) is 59.1 Å². The van der Waals surface area contributed by atoms with E-state index < -0.39 is 33.6 Å². The summed E-state index contributed by atoms with van der Waals surface area (Å²) in [5.74, 6) is 4.88. The van der Waals surface area contributed by atoms with Gasteiger partial charge in [0.15, 0.2) is 0 Å². The van der Waals surface area contributed by atoms with Crippen molar-refractivity contribution in [2.75, 3.05) is 24.7 Å². The van der Waals surface area contributed by atoms with Gasteiger partial charge in [-0.2, -0.15) is 4.31 Å². The number of hydrogen-bond acceptors (Lipinski definition) is 7. The van der Waals surface area contributed by atoms with Gasteiger partial charge in [-0.25, -0.2) is 13.2 Å². The molecule has 1 amide bonds. The summed E-state index contributed by atoms with van der Waals surface area (Å²) in [7, 11) is -3.47. The first-order chi connectivity index (χ1) is 19.5. The molecule has 2 heterocycles. The molecule has 1 aliphatic rings. The largest absolute Gasteiger partial charge is 0.481 e. The summed E-state index contributed by atoms with van der Waals surface area (Å²) in [6.07, 6.45) is 1.06. The van der Waals surface area contributed by atoms with Crippen molar-refractivity contribution in [3.05, 3.63) is 94.3 Å². The van der Waals surface area contributed by atoms with Gasteiger partial charge in [0.1, 0.15) is 17.2 Å². The van der Waals surface area contributed by atoms with Crippen molar-refractivity contribution in [3.8, 4) is 11.8 Å². The van der Waals surface area contributed by atoms with Crippen LogP contribution in [-0.2, 0) is 25.0 Å². The molecule has 0 bridgehead atoms. The van der Waals surface area contributed by atoms with E-state index in [-0.39, 0.29) is 24.5 Å². The standard InChI is InChI=1S/C29H24ClN3O7S/c1-18(23-5-3-4-6-24(23)30)39-28(36)32-25-15-31-40-26(25)12-8-19-7-9-21-14-22(11-10-20(21)13-19)29(27(34)35)16-33(17-29)41(2,37)38/h3-7,9-11,13-15,18H,16-17H2,1-2H3,(H,32,36)(H,34,35). The first-order valence-corrected chi connectivity index (χ1v) is 14.6. The molecule has 41 heavy (non-hydrogen) atoms. The first kappa shape index (κ1) is 28.2. The molecule has 1 aromatic heterocycles. The maximum Gasteiger partial charge on any atom is 0.412 e. The fourth-order valence-corrected chi connectivity index (χ4v) is 5.77. The molecule has 3 aromatic carbocycles. The van der Waals surface area contributed by atoms with Crippen LogP contribution in [0, 0.1) is 11.8 Å². The van der Waals surface area contributed by atoms with Crippen molar-refractivity contribution in [2.45, 2.75) is 18.4 Å². The Hall–Kier alpha value is -4.37. The van der Waals surface area contributed by atoms with Crippen LogP contribution in [0.5, 0.6) is 0 Å². The summed E-state index contributed by atoms with van der Waals surface area (Å²) in [4.78, 5) is 24.5. The number of amides is 1. The number of anilines is 1. The lowest BCUT2D eigenvalue weighted by atomic mass is 9.74. The van der Waals surface area contributed by atoms with Crippen molar-refractivity contribution < 1.29 is 32.4 Å². The predicted octanol–water partition coefficient (Wildman–Crippen LogP) is 4.79. The summed E-state index contributed by atoms with van der Waals surface area (Å²) in [6.45, 7) is 1.47. The van der Waals surface area contributed by atoms with Crippen molar-refractivity contribution in [3.63, 3.8) is 0 Å². The molecule has 1 aliphatic heterocycles. The third-order valence-electron chi connectivity index (χ3n) is 6.92. The van der Waals surface area contributed by atoms with Gasteiger partial charge in [0.05, 0.1) is 12.5 Å². The highest BCUT2D eigenvalue weighted by Crippen LogP contribution is 2.38. The number of carboxylic acid groups (broad SMARTS) is 1. The number of sulfonamides is 1. The van der Waals surface area contributed by atoms with Crippen LogP contribution in [0.25, 0.3) is 10.8 Å². The van der Waals surface area contributed by atoms with Gasteiger partial charge >= 0.3 is 12.1 Å². The molecule has 12 heteroatoms. The fraction of sp³-hybridized carbons (Fsp3) is 0.207. The van der Waals surface area contributed by atoms with E-state index in [1.54, 1.807) is 61.5 Å². The molecule has 1 fully saturated rings. The number of carbonyl (C=O) groups excluding carboxylic acids is 1. The van der Waals surface area contributed by atoms with Crippen molar-refractivity contribution >= 4 is 50.1 Å². The molecule has 0 radical (unpaired) electrons. The number of carbonyl (C=O) groups is 2. The van der Waals surface area contributed by atoms with E-state index in [1.165, 1.54) is 6.20 Å². The lowest BCUT2D eigenvalue weighted by Gasteiger charge is -2.45. The van der Waals surface area contributed by atoms with Gasteiger partial charge in [0.25, 0.3) is 0 Å². The molecule has 2 N–H and O–H groups in total. The van der Waals surface area contributed by atoms with Gasteiger partial charge in [-0.15, -0.1) is 0 Å². The Morgan fingerprint density at radius 3 is 2.54 bits per heavy atom. The van der Waals surface area contributed by atoms with E-state index in [0.29, 0.717) is 21.7 Å². The number of halogens is 1. The number of hydrogen-bond donors (Lipinski definition) is 2.